The van der Waals surface area contributed by atoms with E-state index in [-0.39, 0.29) is 0 Å². The highest BCUT2D eigenvalue weighted by Crippen LogP contribution is 2.38. The monoisotopic (exact) mass is 386 g/mol. The van der Waals surface area contributed by atoms with Crippen LogP contribution in [0.1, 0.15) is 0 Å². The summed E-state index contributed by atoms with van der Waals surface area (Å²) in [4.78, 5) is 23.7. The number of anilines is 1. The van der Waals surface area contributed by atoms with Crippen molar-refractivity contribution in [2.24, 2.45) is 11.8 Å². The molecule has 0 aromatic heterocycles. The van der Waals surface area contributed by atoms with Crippen molar-refractivity contribution in [2.75, 3.05) is 18.4 Å². The molecular formula is C14H12F6N2O4. The van der Waals surface area contributed by atoms with Crippen LogP contribution >= 0.6 is 0 Å². The molecular weight excluding hydrogens is 374 g/mol. The normalized spacial score (nSPS) is 20.3. The third kappa shape index (κ3) is 4.49. The molecule has 0 bridgehead atoms. The van der Waals surface area contributed by atoms with E-state index in [4.69, 9.17) is 5.11 Å². The van der Waals surface area contributed by atoms with Crippen LogP contribution in [0.4, 0.5) is 36.8 Å². The lowest BCUT2D eigenvalue weighted by atomic mass is 9.96. The van der Waals surface area contributed by atoms with Crippen LogP contribution in [-0.2, 0) is 4.79 Å². The number of benzene rings is 1. The van der Waals surface area contributed by atoms with Crippen molar-refractivity contribution in [1.29, 1.82) is 0 Å². The lowest BCUT2D eigenvalue weighted by Crippen LogP contribution is -2.35. The Morgan fingerprint density at radius 3 is 2.42 bits per heavy atom. The zero-order valence-electron chi connectivity index (χ0n) is 12.8. The maximum Gasteiger partial charge on any atom is 0.394 e. The van der Waals surface area contributed by atoms with Crippen LogP contribution in [0.5, 0.6) is 5.75 Å². The van der Waals surface area contributed by atoms with Gasteiger partial charge >= 0.3 is 24.8 Å². The van der Waals surface area contributed by atoms with Crippen LogP contribution < -0.4 is 10.1 Å². The van der Waals surface area contributed by atoms with Crippen molar-refractivity contribution in [3.8, 4) is 5.75 Å². The molecule has 12 heteroatoms. The van der Waals surface area contributed by atoms with Gasteiger partial charge in [-0.25, -0.2) is 9.18 Å². The Hall–Kier alpha value is -2.66. The molecule has 1 heterocycles. The zero-order valence-corrected chi connectivity index (χ0v) is 12.8. The summed E-state index contributed by atoms with van der Waals surface area (Å²) in [6, 6.07) is 1.03. The van der Waals surface area contributed by atoms with Gasteiger partial charge in [0, 0.05) is 19.2 Å². The number of carbonyl (C=O) groups is 2. The predicted molar refractivity (Wildman–Crippen MR) is 74.3 cm³/mol. The second-order valence-corrected chi connectivity index (χ2v) is 5.45. The number of alkyl halides is 5. The molecule has 2 rings (SSSR count). The number of amides is 2. The number of nitrogens with zero attached hydrogens (tertiary/aromatic N) is 1. The first kappa shape index (κ1) is 19.7. The Morgan fingerprint density at radius 1 is 1.27 bits per heavy atom. The summed E-state index contributed by atoms with van der Waals surface area (Å²) < 4.78 is 80.8. The van der Waals surface area contributed by atoms with Crippen molar-refractivity contribution in [2.45, 2.75) is 12.8 Å². The van der Waals surface area contributed by atoms with Crippen molar-refractivity contribution in [1.82, 2.24) is 4.90 Å². The van der Waals surface area contributed by atoms with Crippen molar-refractivity contribution in [3.05, 3.63) is 24.0 Å². The molecule has 2 amide bonds. The molecule has 2 atom stereocenters. The fourth-order valence-electron chi connectivity index (χ4n) is 2.54. The maximum absolute atomic E-state index is 13.3. The van der Waals surface area contributed by atoms with Gasteiger partial charge in [-0.3, -0.25) is 4.79 Å². The maximum atomic E-state index is 13.3. The standard InChI is InChI=1S/C14H12F6N2O4/c15-6-1-2-10(26-12(16)17)9(3-6)21-13(25)22-4-7(11(23)24)8(5-22)14(18,19)20/h1-3,7-8,12H,4-5H2,(H,21,25)(H,23,24)/t7-,8-/m1/s1. The second-order valence-electron chi connectivity index (χ2n) is 5.45. The van der Waals surface area contributed by atoms with Crippen molar-refractivity contribution >= 4 is 17.7 Å². The van der Waals surface area contributed by atoms with Crippen LogP contribution in [0.25, 0.3) is 0 Å². The van der Waals surface area contributed by atoms with E-state index in [1.54, 1.807) is 0 Å². The lowest BCUT2D eigenvalue weighted by Gasteiger charge is -2.19. The number of nitrogens with one attached hydrogen (secondary N) is 1. The minimum absolute atomic E-state index is 0.530. The molecule has 6 nitrogen and oxygen atoms in total. The van der Waals surface area contributed by atoms with Gasteiger partial charge in [0.1, 0.15) is 11.6 Å². The molecule has 0 unspecified atom stereocenters. The molecule has 1 saturated heterocycles. The molecule has 144 valence electrons. The minimum atomic E-state index is -4.85. The molecule has 26 heavy (non-hydrogen) atoms. The third-order valence-corrected chi connectivity index (χ3v) is 3.74. The van der Waals surface area contributed by atoms with E-state index < -0.39 is 67.0 Å². The zero-order chi connectivity index (χ0) is 19.6. The number of carboxylic acids is 1. The van der Waals surface area contributed by atoms with Gasteiger partial charge in [-0.2, -0.15) is 22.0 Å². The van der Waals surface area contributed by atoms with Crippen LogP contribution in [0.15, 0.2) is 18.2 Å². The summed E-state index contributed by atoms with van der Waals surface area (Å²) in [6.07, 6.45) is -4.85. The summed E-state index contributed by atoms with van der Waals surface area (Å²) in [7, 11) is 0. The summed E-state index contributed by atoms with van der Waals surface area (Å²) in [6.45, 7) is -4.97. The van der Waals surface area contributed by atoms with Crippen LogP contribution in [0, 0.1) is 17.7 Å². The van der Waals surface area contributed by atoms with Gasteiger partial charge in [0.2, 0.25) is 0 Å². The molecule has 1 fully saturated rings. The Bertz CT molecular complexity index is 697. The van der Waals surface area contributed by atoms with E-state index >= 15 is 0 Å². The number of carbonyl (C=O) groups excluding carboxylic acids is 1. The molecule has 0 aliphatic carbocycles. The number of halogens is 6. The lowest BCUT2D eigenvalue weighted by molar-refractivity contribution is -0.187. The Balaban J connectivity index is 2.18. The Kier molecular flexibility index (Phi) is 5.52. The van der Waals surface area contributed by atoms with Crippen LogP contribution in [0.2, 0.25) is 0 Å². The number of rotatable bonds is 4. The fourth-order valence-corrected chi connectivity index (χ4v) is 2.54. The van der Waals surface area contributed by atoms with E-state index in [2.05, 4.69) is 4.74 Å². The van der Waals surface area contributed by atoms with Gasteiger partial charge in [-0.05, 0) is 12.1 Å². The smallest absolute Gasteiger partial charge is 0.394 e. The van der Waals surface area contributed by atoms with Gasteiger partial charge in [-0.1, -0.05) is 0 Å². The fraction of sp³-hybridized carbons (Fsp3) is 0.429. The van der Waals surface area contributed by atoms with Gasteiger partial charge < -0.3 is 20.1 Å². The molecule has 0 saturated carbocycles. The molecule has 1 aromatic carbocycles. The molecule has 2 N–H and O–H groups in total. The predicted octanol–water partition coefficient (Wildman–Crippen LogP) is 3.15. The minimum Gasteiger partial charge on any atom is -0.481 e. The first-order valence-corrected chi connectivity index (χ1v) is 7.09. The van der Waals surface area contributed by atoms with E-state index in [1.807, 2.05) is 5.32 Å². The average molecular weight is 386 g/mol. The summed E-state index contributed by atoms with van der Waals surface area (Å²) in [5.41, 5.74) is -0.530. The molecule has 0 spiro atoms. The molecule has 1 aliphatic rings. The first-order chi connectivity index (χ1) is 12.0. The molecule has 1 aliphatic heterocycles. The number of ether oxygens (including phenoxy) is 1. The van der Waals surface area contributed by atoms with Crippen LogP contribution in [-0.4, -0.2) is 47.9 Å². The number of hydrogen-bond donors (Lipinski definition) is 2. The summed E-state index contributed by atoms with van der Waals surface area (Å²) >= 11 is 0. The van der Waals surface area contributed by atoms with Gasteiger partial charge in [0.05, 0.1) is 17.5 Å². The molecule has 0 radical (unpaired) electrons. The Labute approximate surface area is 142 Å². The van der Waals surface area contributed by atoms with E-state index in [0.717, 1.165) is 12.1 Å². The summed E-state index contributed by atoms with van der Waals surface area (Å²) in [5.74, 6) is -7.40. The molecule has 1 aromatic rings. The average Bonchev–Trinajstić information content (AvgIpc) is 2.95. The van der Waals surface area contributed by atoms with Gasteiger partial charge in [0.15, 0.2) is 0 Å². The van der Waals surface area contributed by atoms with E-state index in [9.17, 15) is 35.9 Å². The number of aliphatic carboxylic acids is 1. The third-order valence-electron chi connectivity index (χ3n) is 3.74. The quantitative estimate of drug-likeness (QED) is 0.780. The largest absolute Gasteiger partial charge is 0.481 e. The Morgan fingerprint density at radius 2 is 1.92 bits per heavy atom. The van der Waals surface area contributed by atoms with Gasteiger partial charge in [0.25, 0.3) is 0 Å². The van der Waals surface area contributed by atoms with Crippen molar-refractivity contribution in [3.63, 3.8) is 0 Å². The van der Waals surface area contributed by atoms with Gasteiger partial charge in [-0.15, -0.1) is 0 Å². The second kappa shape index (κ2) is 7.30. The van der Waals surface area contributed by atoms with E-state index in [1.165, 1.54) is 0 Å². The number of urea groups is 1. The number of carboxylic acid groups (broad SMARTS) is 1. The van der Waals surface area contributed by atoms with E-state index in [0.29, 0.717) is 11.0 Å². The topological polar surface area (TPSA) is 78.9 Å². The number of likely N-dealkylation sites (tertiary alicyclic amines) is 1. The highest BCUT2D eigenvalue weighted by molar-refractivity contribution is 5.91. The highest BCUT2D eigenvalue weighted by atomic mass is 19.4. The van der Waals surface area contributed by atoms with Crippen molar-refractivity contribution < 1.29 is 45.8 Å². The first-order valence-electron chi connectivity index (χ1n) is 7.09. The van der Waals surface area contributed by atoms with Crippen LogP contribution in [0.3, 0.4) is 0 Å². The summed E-state index contributed by atoms with van der Waals surface area (Å²) in [5, 5.41) is 10.9. The highest BCUT2D eigenvalue weighted by Gasteiger charge is 2.53. The number of hydrogen-bond acceptors (Lipinski definition) is 3. The SMILES string of the molecule is O=C(O)[C@@H]1CN(C(=O)Nc2cc(F)ccc2OC(F)F)C[C@H]1C(F)(F)F.